The average molecular weight is 419 g/mol. The summed E-state index contributed by atoms with van der Waals surface area (Å²) in [4.78, 5) is 11.8. The predicted molar refractivity (Wildman–Crippen MR) is 122 cm³/mol. The van der Waals surface area contributed by atoms with Crippen LogP contribution in [0.4, 0.5) is 11.6 Å². The number of rotatable bonds is 8. The fraction of sp³-hybridized carbons (Fsp3) is 0.360. The Hall–Kier alpha value is -2.96. The molecule has 3 aromatic rings. The first kappa shape index (κ1) is 21.3. The third-order valence-electron chi connectivity index (χ3n) is 5.71. The number of hydrogen-bond donors (Lipinski definition) is 2. The van der Waals surface area contributed by atoms with Crippen molar-refractivity contribution in [1.82, 2.24) is 14.9 Å². The maximum Gasteiger partial charge on any atom is 0.134 e. The van der Waals surface area contributed by atoms with Crippen molar-refractivity contribution < 1.29 is 9.84 Å². The van der Waals surface area contributed by atoms with Crippen LogP contribution in [-0.2, 0) is 13.2 Å². The number of aromatic nitrogens is 2. The van der Waals surface area contributed by atoms with E-state index in [0.717, 1.165) is 60.1 Å². The van der Waals surface area contributed by atoms with E-state index in [1.54, 1.807) is 6.20 Å². The highest BCUT2D eigenvalue weighted by atomic mass is 16.5. The van der Waals surface area contributed by atoms with Gasteiger partial charge in [-0.05, 0) is 74.7 Å². The molecule has 1 fully saturated rings. The number of benzene rings is 1. The SMILES string of the molecule is CCOc1ccc(CN2CCC[C@H]2c2cccc(Nc3ncccc3C)n2)cc1CO. The van der Waals surface area contributed by atoms with Crippen molar-refractivity contribution in [1.29, 1.82) is 0 Å². The Bertz CT molecular complexity index is 1020. The van der Waals surface area contributed by atoms with E-state index in [4.69, 9.17) is 9.72 Å². The Morgan fingerprint density at radius 1 is 1.19 bits per heavy atom. The van der Waals surface area contributed by atoms with Gasteiger partial charge in [-0.3, -0.25) is 4.90 Å². The van der Waals surface area contributed by atoms with E-state index in [0.29, 0.717) is 6.61 Å². The molecule has 2 N–H and O–H groups in total. The molecule has 1 atom stereocenters. The third-order valence-corrected chi connectivity index (χ3v) is 5.71. The molecule has 1 saturated heterocycles. The number of pyridine rings is 2. The molecule has 0 aliphatic carbocycles. The van der Waals surface area contributed by atoms with Crippen molar-refractivity contribution in [2.75, 3.05) is 18.5 Å². The van der Waals surface area contributed by atoms with Gasteiger partial charge in [-0.1, -0.05) is 18.2 Å². The van der Waals surface area contributed by atoms with Crippen LogP contribution in [0.5, 0.6) is 5.75 Å². The minimum absolute atomic E-state index is 0.0190. The number of aliphatic hydroxyl groups excluding tert-OH is 1. The second-order valence-corrected chi connectivity index (χ2v) is 7.90. The molecule has 0 amide bonds. The fourth-order valence-corrected chi connectivity index (χ4v) is 4.18. The molecule has 6 nitrogen and oxygen atoms in total. The molecule has 3 heterocycles. The lowest BCUT2D eigenvalue weighted by Gasteiger charge is -2.25. The van der Waals surface area contributed by atoms with Gasteiger partial charge in [0.1, 0.15) is 17.4 Å². The highest BCUT2D eigenvalue weighted by molar-refractivity contribution is 5.55. The maximum atomic E-state index is 9.72. The summed E-state index contributed by atoms with van der Waals surface area (Å²) in [7, 11) is 0. The van der Waals surface area contributed by atoms with Crippen molar-refractivity contribution >= 4 is 11.6 Å². The third kappa shape index (κ3) is 5.03. The van der Waals surface area contributed by atoms with Gasteiger partial charge in [-0.2, -0.15) is 0 Å². The predicted octanol–water partition coefficient (Wildman–Crippen LogP) is 4.76. The molecule has 0 unspecified atom stereocenters. The van der Waals surface area contributed by atoms with Gasteiger partial charge < -0.3 is 15.2 Å². The summed E-state index contributed by atoms with van der Waals surface area (Å²) in [5.74, 6) is 2.41. The number of aryl methyl sites for hydroxylation is 1. The lowest BCUT2D eigenvalue weighted by molar-refractivity contribution is 0.243. The Kier molecular flexibility index (Phi) is 6.79. The normalized spacial score (nSPS) is 16.4. The highest BCUT2D eigenvalue weighted by Gasteiger charge is 2.27. The van der Waals surface area contributed by atoms with Crippen LogP contribution in [0.25, 0.3) is 0 Å². The van der Waals surface area contributed by atoms with E-state index < -0.39 is 0 Å². The molecular formula is C25H30N4O2. The molecule has 0 radical (unpaired) electrons. The highest BCUT2D eigenvalue weighted by Crippen LogP contribution is 2.33. The van der Waals surface area contributed by atoms with E-state index in [1.165, 1.54) is 5.56 Å². The van der Waals surface area contributed by atoms with Crippen LogP contribution < -0.4 is 10.1 Å². The molecule has 6 heteroatoms. The summed E-state index contributed by atoms with van der Waals surface area (Å²) in [5.41, 5.74) is 4.18. The number of nitrogens with one attached hydrogen (secondary N) is 1. The van der Waals surface area contributed by atoms with Gasteiger partial charge in [0, 0.05) is 18.3 Å². The average Bonchev–Trinajstić information content (AvgIpc) is 3.25. The molecular weight excluding hydrogens is 388 g/mol. The lowest BCUT2D eigenvalue weighted by atomic mass is 10.1. The van der Waals surface area contributed by atoms with Crippen LogP contribution in [0, 0.1) is 6.92 Å². The minimum Gasteiger partial charge on any atom is -0.494 e. The first-order valence-electron chi connectivity index (χ1n) is 10.9. The zero-order valence-corrected chi connectivity index (χ0v) is 18.2. The van der Waals surface area contributed by atoms with Crippen LogP contribution in [0.1, 0.15) is 48.2 Å². The van der Waals surface area contributed by atoms with Crippen molar-refractivity contribution in [3.05, 3.63) is 77.1 Å². The van der Waals surface area contributed by atoms with Gasteiger partial charge in [0.05, 0.1) is 24.9 Å². The number of nitrogens with zero attached hydrogens (tertiary/aromatic N) is 3. The molecule has 4 rings (SSSR count). The monoisotopic (exact) mass is 418 g/mol. The summed E-state index contributed by atoms with van der Waals surface area (Å²) in [5, 5.41) is 13.1. The van der Waals surface area contributed by atoms with Gasteiger partial charge >= 0.3 is 0 Å². The van der Waals surface area contributed by atoms with Crippen LogP contribution in [0.2, 0.25) is 0 Å². The number of likely N-dealkylation sites (tertiary alicyclic amines) is 1. The largest absolute Gasteiger partial charge is 0.494 e. The number of hydrogen-bond acceptors (Lipinski definition) is 6. The molecule has 1 aliphatic heterocycles. The first-order valence-corrected chi connectivity index (χ1v) is 10.9. The Morgan fingerprint density at radius 2 is 2.10 bits per heavy atom. The van der Waals surface area contributed by atoms with Gasteiger partial charge in [-0.25, -0.2) is 9.97 Å². The maximum absolute atomic E-state index is 9.72. The van der Waals surface area contributed by atoms with E-state index in [1.807, 2.05) is 38.1 Å². The Morgan fingerprint density at radius 3 is 2.90 bits per heavy atom. The Labute approximate surface area is 183 Å². The van der Waals surface area contributed by atoms with Crippen LogP contribution >= 0.6 is 0 Å². The molecule has 31 heavy (non-hydrogen) atoms. The summed E-state index contributed by atoms with van der Waals surface area (Å²) in [6.07, 6.45) is 4.02. The molecule has 2 aromatic heterocycles. The van der Waals surface area contributed by atoms with Crippen molar-refractivity contribution in [2.45, 2.75) is 45.9 Å². The Balaban J connectivity index is 1.50. The molecule has 1 aromatic carbocycles. The van der Waals surface area contributed by atoms with Crippen molar-refractivity contribution in [3.63, 3.8) is 0 Å². The van der Waals surface area contributed by atoms with Gasteiger partial charge in [0.2, 0.25) is 0 Å². The zero-order valence-electron chi connectivity index (χ0n) is 18.2. The molecule has 162 valence electrons. The van der Waals surface area contributed by atoms with Crippen LogP contribution in [0.15, 0.2) is 54.7 Å². The van der Waals surface area contributed by atoms with Gasteiger partial charge in [0.15, 0.2) is 0 Å². The summed E-state index contributed by atoms with van der Waals surface area (Å²) < 4.78 is 5.62. The second-order valence-electron chi connectivity index (χ2n) is 7.90. The minimum atomic E-state index is -0.0190. The second kappa shape index (κ2) is 9.90. The zero-order chi connectivity index (χ0) is 21.6. The quantitative estimate of drug-likeness (QED) is 0.550. The molecule has 0 saturated carbocycles. The number of anilines is 2. The summed E-state index contributed by atoms with van der Waals surface area (Å²) >= 11 is 0. The van der Waals surface area contributed by atoms with Gasteiger partial charge in [-0.15, -0.1) is 0 Å². The fourth-order valence-electron chi connectivity index (χ4n) is 4.18. The number of ether oxygens (including phenoxy) is 1. The van der Waals surface area contributed by atoms with Crippen molar-refractivity contribution in [3.8, 4) is 5.75 Å². The topological polar surface area (TPSA) is 70.5 Å². The standard InChI is InChI=1S/C25H30N4O2/c1-3-31-23-12-11-19(15-20(23)17-30)16-29-14-6-9-22(29)21-8-4-10-24(27-21)28-25-18(2)7-5-13-26-25/h4-5,7-8,10-13,15,22,30H,3,6,9,14,16-17H2,1-2H3,(H,26,27,28)/t22-/m0/s1. The number of aliphatic hydroxyl groups is 1. The van der Waals surface area contributed by atoms with E-state index >= 15 is 0 Å². The molecule has 1 aliphatic rings. The lowest BCUT2D eigenvalue weighted by Crippen LogP contribution is -2.23. The van der Waals surface area contributed by atoms with E-state index in [-0.39, 0.29) is 12.6 Å². The summed E-state index contributed by atoms with van der Waals surface area (Å²) in [6, 6.07) is 16.5. The van der Waals surface area contributed by atoms with E-state index in [9.17, 15) is 5.11 Å². The van der Waals surface area contributed by atoms with Gasteiger partial charge in [0.25, 0.3) is 0 Å². The first-order chi connectivity index (χ1) is 15.2. The molecule has 0 bridgehead atoms. The van der Waals surface area contributed by atoms with Crippen molar-refractivity contribution in [2.24, 2.45) is 0 Å². The van der Waals surface area contributed by atoms with Crippen LogP contribution in [0.3, 0.4) is 0 Å². The smallest absolute Gasteiger partial charge is 0.134 e. The molecule has 0 spiro atoms. The van der Waals surface area contributed by atoms with E-state index in [2.05, 4.69) is 39.5 Å². The van der Waals surface area contributed by atoms with Crippen LogP contribution in [-0.4, -0.2) is 33.1 Å². The summed E-state index contributed by atoms with van der Waals surface area (Å²) in [6.45, 7) is 6.42.